The van der Waals surface area contributed by atoms with Crippen LogP contribution in [0.3, 0.4) is 0 Å². The number of aromatic carboxylic acids is 1. The van der Waals surface area contributed by atoms with Crippen LogP contribution in [0.1, 0.15) is 46.5 Å². The number of carbonyl (C=O) groups is 1. The van der Waals surface area contributed by atoms with Gasteiger partial charge in [0, 0.05) is 40.4 Å². The van der Waals surface area contributed by atoms with E-state index in [-0.39, 0.29) is 5.56 Å². The van der Waals surface area contributed by atoms with Crippen LogP contribution in [-0.4, -0.2) is 11.1 Å². The minimum absolute atomic E-state index is 0.243. The maximum atomic E-state index is 12.5. The van der Waals surface area contributed by atoms with Crippen LogP contribution >= 0.6 is 0 Å². The van der Waals surface area contributed by atoms with Crippen molar-refractivity contribution in [1.29, 1.82) is 0 Å². The quantitative estimate of drug-likeness (QED) is 0.126. The van der Waals surface area contributed by atoms with Crippen molar-refractivity contribution >= 4 is 50.7 Å². The Labute approximate surface area is 251 Å². The number of rotatable bonds is 8. The fraction of sp³-hybridized carbons (Fsp3) is 0.158. The van der Waals surface area contributed by atoms with Gasteiger partial charge < -0.3 is 15.7 Å². The molecule has 0 saturated heterocycles. The van der Waals surface area contributed by atoms with E-state index in [1.54, 1.807) is 12.1 Å². The Bertz CT molecular complexity index is 1900. The molecule has 0 aliphatic rings. The topological polar surface area (TPSA) is 72.7 Å². The Morgan fingerprint density at radius 1 is 0.674 bits per heavy atom. The first-order valence-corrected chi connectivity index (χ1v) is 14.7. The third-order valence-electron chi connectivity index (χ3n) is 8.16. The zero-order valence-electron chi connectivity index (χ0n) is 24.9. The molecule has 5 heteroatoms. The van der Waals surface area contributed by atoms with Crippen LogP contribution in [0.25, 0.3) is 33.1 Å². The number of hydrogen-bond acceptors (Lipinski definition) is 3. The van der Waals surface area contributed by atoms with E-state index in [1.165, 1.54) is 11.1 Å². The molecule has 1 aromatic heterocycles. The molecular formula is C38H35N2O3+. The first kappa shape index (κ1) is 28.0. The monoisotopic (exact) mass is 567 g/mol. The van der Waals surface area contributed by atoms with Crippen LogP contribution in [0.5, 0.6) is 0 Å². The summed E-state index contributed by atoms with van der Waals surface area (Å²) >= 11 is 0. The lowest BCUT2D eigenvalue weighted by Crippen LogP contribution is -2.01. The smallest absolute Gasteiger partial charge is 0.361 e. The van der Waals surface area contributed by atoms with E-state index in [1.807, 2.05) is 36.4 Å². The van der Waals surface area contributed by atoms with E-state index in [4.69, 9.17) is 4.42 Å². The molecule has 0 spiro atoms. The predicted molar refractivity (Wildman–Crippen MR) is 178 cm³/mol. The van der Waals surface area contributed by atoms with Crippen molar-refractivity contribution in [3.8, 4) is 11.1 Å². The summed E-state index contributed by atoms with van der Waals surface area (Å²) in [5.41, 5.74) is 11.9. The molecule has 0 amide bonds. The van der Waals surface area contributed by atoms with Gasteiger partial charge in [-0.05, 0) is 84.8 Å². The Balaban J connectivity index is 1.60. The first-order valence-electron chi connectivity index (χ1n) is 14.7. The maximum absolute atomic E-state index is 12.5. The van der Waals surface area contributed by atoms with Gasteiger partial charge in [-0.3, -0.25) is 0 Å². The molecule has 1 heterocycles. The van der Waals surface area contributed by atoms with E-state index in [2.05, 4.69) is 86.9 Å². The van der Waals surface area contributed by atoms with Gasteiger partial charge in [-0.1, -0.05) is 68.4 Å². The van der Waals surface area contributed by atoms with Gasteiger partial charge in [0.25, 0.3) is 0 Å². The molecule has 0 saturated carbocycles. The zero-order valence-corrected chi connectivity index (χ0v) is 24.9. The number of benzene rings is 5. The second-order valence-corrected chi connectivity index (χ2v) is 10.9. The third-order valence-corrected chi connectivity index (χ3v) is 8.16. The molecule has 0 fully saturated rings. The molecule has 5 aromatic carbocycles. The van der Waals surface area contributed by atoms with Crippen LogP contribution in [0.15, 0.2) is 101 Å². The zero-order chi connectivity index (χ0) is 30.1. The standard InChI is InChI=1S/C38H34N2O3/c1-5-25-13-9-11-23(3)36(25)39-27-17-19-33-31(21-27)35(29-15-7-8-16-30(29)38(41)42)32-22-28(18-20-34(32)43-33)40-37-24(4)12-10-14-26(37)6-2/h7-22,39-40H,5-6H2,1-4H3/p+1. The van der Waals surface area contributed by atoms with Crippen LogP contribution in [0, 0.1) is 13.8 Å². The van der Waals surface area contributed by atoms with Gasteiger partial charge in [-0.15, -0.1) is 0 Å². The number of carboxylic acids is 1. The van der Waals surface area contributed by atoms with E-state index in [0.29, 0.717) is 16.7 Å². The SMILES string of the molecule is CCc1cccc(C)c1Nc1ccc2[o+]c3ccc(Nc4c(C)cccc4CC)cc3c(-c3ccccc3C(=O)O)c2c1. The number of nitrogens with one attached hydrogen (secondary N) is 2. The highest BCUT2D eigenvalue weighted by Gasteiger charge is 2.24. The minimum Gasteiger partial charge on any atom is -0.478 e. The van der Waals surface area contributed by atoms with Gasteiger partial charge >= 0.3 is 17.1 Å². The second kappa shape index (κ2) is 11.6. The van der Waals surface area contributed by atoms with E-state index < -0.39 is 5.97 Å². The maximum Gasteiger partial charge on any atom is 0.361 e. The highest BCUT2D eigenvalue weighted by Crippen LogP contribution is 2.41. The lowest BCUT2D eigenvalue weighted by atomic mass is 9.93. The van der Waals surface area contributed by atoms with Gasteiger partial charge in [-0.25, -0.2) is 9.21 Å². The van der Waals surface area contributed by atoms with Crippen LogP contribution in [0.2, 0.25) is 0 Å². The van der Waals surface area contributed by atoms with Crippen molar-refractivity contribution in [3.05, 3.63) is 125 Å². The summed E-state index contributed by atoms with van der Waals surface area (Å²) < 4.78 is 6.45. The van der Waals surface area contributed by atoms with Crippen LogP contribution in [-0.2, 0) is 12.8 Å². The van der Waals surface area contributed by atoms with Crippen molar-refractivity contribution in [2.45, 2.75) is 40.5 Å². The summed E-state index contributed by atoms with van der Waals surface area (Å²) in [6, 6.07) is 31.9. The summed E-state index contributed by atoms with van der Waals surface area (Å²) in [6.45, 7) is 8.51. The van der Waals surface area contributed by atoms with Gasteiger partial charge in [0.1, 0.15) is 0 Å². The highest BCUT2D eigenvalue weighted by molar-refractivity contribution is 6.13. The van der Waals surface area contributed by atoms with Crippen molar-refractivity contribution < 1.29 is 14.3 Å². The van der Waals surface area contributed by atoms with Crippen molar-refractivity contribution in [1.82, 2.24) is 0 Å². The first-order chi connectivity index (χ1) is 20.9. The Morgan fingerprint density at radius 3 is 1.67 bits per heavy atom. The van der Waals surface area contributed by atoms with Crippen molar-refractivity contribution in [2.75, 3.05) is 10.6 Å². The summed E-state index contributed by atoms with van der Waals surface area (Å²) in [5.74, 6) is -0.971. The highest BCUT2D eigenvalue weighted by atomic mass is 16.4. The molecule has 3 N–H and O–H groups in total. The Morgan fingerprint density at radius 2 is 1.19 bits per heavy atom. The Hall–Kier alpha value is -5.16. The molecular weight excluding hydrogens is 532 g/mol. The fourth-order valence-corrected chi connectivity index (χ4v) is 5.92. The van der Waals surface area contributed by atoms with Gasteiger partial charge in [-0.2, -0.15) is 0 Å². The average molecular weight is 568 g/mol. The molecule has 0 unspecified atom stereocenters. The Kier molecular flexibility index (Phi) is 7.56. The summed E-state index contributed by atoms with van der Waals surface area (Å²) in [4.78, 5) is 12.5. The molecule has 0 bridgehead atoms. The predicted octanol–water partition coefficient (Wildman–Crippen LogP) is 10.5. The van der Waals surface area contributed by atoms with Gasteiger partial charge in [0.15, 0.2) is 0 Å². The third kappa shape index (κ3) is 5.30. The fourth-order valence-electron chi connectivity index (χ4n) is 5.92. The number of anilines is 4. The van der Waals surface area contributed by atoms with E-state index >= 15 is 0 Å². The largest absolute Gasteiger partial charge is 0.478 e. The van der Waals surface area contributed by atoms with Gasteiger partial charge in [0.05, 0.1) is 16.3 Å². The summed E-state index contributed by atoms with van der Waals surface area (Å²) in [7, 11) is 0. The molecule has 0 aliphatic carbocycles. The van der Waals surface area contributed by atoms with E-state index in [9.17, 15) is 9.90 Å². The van der Waals surface area contributed by atoms with Crippen LogP contribution < -0.4 is 10.6 Å². The van der Waals surface area contributed by atoms with Crippen molar-refractivity contribution in [3.63, 3.8) is 0 Å². The van der Waals surface area contributed by atoms with E-state index in [0.717, 1.165) is 63.1 Å². The molecule has 0 aliphatic heterocycles. The molecule has 0 radical (unpaired) electrons. The lowest BCUT2D eigenvalue weighted by Gasteiger charge is -2.16. The number of aryl methyl sites for hydroxylation is 4. The lowest BCUT2D eigenvalue weighted by molar-refractivity contribution is 0.0697. The normalized spacial score (nSPS) is 11.2. The molecule has 6 aromatic rings. The minimum atomic E-state index is -0.971. The second-order valence-electron chi connectivity index (χ2n) is 10.9. The molecule has 0 atom stereocenters. The average Bonchev–Trinajstić information content (AvgIpc) is 3.02. The number of carboxylic acid groups (broad SMARTS) is 1. The molecule has 6 rings (SSSR count). The summed E-state index contributed by atoms with van der Waals surface area (Å²) in [6.07, 6.45) is 1.82. The number of hydrogen-bond donors (Lipinski definition) is 3. The molecule has 214 valence electrons. The summed E-state index contributed by atoms with van der Waals surface area (Å²) in [5, 5.41) is 19.1. The molecule has 5 nitrogen and oxygen atoms in total. The molecule has 43 heavy (non-hydrogen) atoms. The number of para-hydroxylation sites is 2. The number of fused-ring (bicyclic) bond motifs is 2. The van der Waals surface area contributed by atoms with Crippen molar-refractivity contribution in [2.24, 2.45) is 0 Å². The van der Waals surface area contributed by atoms with Gasteiger partial charge in [0.2, 0.25) is 0 Å². The van der Waals surface area contributed by atoms with Crippen LogP contribution in [0.4, 0.5) is 22.7 Å².